The molecule has 3 aliphatic carbocycles. The third-order valence-corrected chi connectivity index (χ3v) is 8.61. The molecule has 0 amide bonds. The molecule has 3 fully saturated rings. The van der Waals surface area contributed by atoms with E-state index < -0.39 is 6.17 Å². The van der Waals surface area contributed by atoms with Crippen molar-refractivity contribution in [2.75, 3.05) is 0 Å². The van der Waals surface area contributed by atoms with E-state index in [-0.39, 0.29) is 0 Å². The van der Waals surface area contributed by atoms with Crippen molar-refractivity contribution in [1.82, 2.24) is 0 Å². The third kappa shape index (κ3) is 5.00. The van der Waals surface area contributed by atoms with Gasteiger partial charge in [-0.1, -0.05) is 37.6 Å². The molecular weight excluding hydrogens is 343 g/mol. The van der Waals surface area contributed by atoms with Crippen molar-refractivity contribution >= 4 is 0 Å². The first-order valence-corrected chi connectivity index (χ1v) is 12.5. The van der Waals surface area contributed by atoms with Crippen molar-refractivity contribution in [2.24, 2.45) is 23.7 Å². The predicted molar refractivity (Wildman–Crippen MR) is 117 cm³/mol. The van der Waals surface area contributed by atoms with Crippen molar-refractivity contribution in [2.45, 2.75) is 109 Å². The molecular formula is C27H41F. The summed E-state index contributed by atoms with van der Waals surface area (Å²) in [4.78, 5) is 0. The fourth-order valence-corrected chi connectivity index (χ4v) is 6.81. The summed E-state index contributed by atoms with van der Waals surface area (Å²) >= 11 is 0. The fraction of sp³-hybridized carbons (Fsp3) is 0.778. The van der Waals surface area contributed by atoms with Crippen LogP contribution < -0.4 is 0 Å². The van der Waals surface area contributed by atoms with Crippen LogP contribution in [0.3, 0.4) is 0 Å². The van der Waals surface area contributed by atoms with Gasteiger partial charge in [0.25, 0.3) is 0 Å². The summed E-state index contributed by atoms with van der Waals surface area (Å²) in [6, 6.07) is 9.55. The summed E-state index contributed by atoms with van der Waals surface area (Å²) in [5, 5.41) is 0. The zero-order chi connectivity index (χ0) is 19.3. The van der Waals surface area contributed by atoms with E-state index in [1.807, 2.05) is 0 Å². The molecule has 3 aliphatic rings. The molecule has 4 rings (SSSR count). The van der Waals surface area contributed by atoms with Crippen LogP contribution in [0.2, 0.25) is 0 Å². The van der Waals surface area contributed by atoms with Crippen LogP contribution in [0.1, 0.15) is 107 Å². The second-order valence-electron chi connectivity index (χ2n) is 10.3. The number of rotatable bonds is 5. The van der Waals surface area contributed by atoms with E-state index in [9.17, 15) is 4.39 Å². The highest BCUT2D eigenvalue weighted by Crippen LogP contribution is 2.46. The van der Waals surface area contributed by atoms with Crippen LogP contribution >= 0.6 is 0 Å². The number of halogens is 1. The van der Waals surface area contributed by atoms with Gasteiger partial charge in [0.05, 0.1) is 0 Å². The summed E-state index contributed by atoms with van der Waals surface area (Å²) < 4.78 is 13.4. The van der Waals surface area contributed by atoms with E-state index in [1.54, 1.807) is 5.56 Å². The van der Waals surface area contributed by atoms with Crippen LogP contribution in [0.5, 0.6) is 0 Å². The van der Waals surface area contributed by atoms with Crippen molar-refractivity contribution in [1.29, 1.82) is 0 Å². The number of hydrogen-bond donors (Lipinski definition) is 0. The second-order valence-corrected chi connectivity index (χ2v) is 10.3. The minimum Gasteiger partial charge on any atom is -0.247 e. The molecule has 1 aromatic carbocycles. The lowest BCUT2D eigenvalue weighted by Crippen LogP contribution is -2.29. The summed E-state index contributed by atoms with van der Waals surface area (Å²) in [6.07, 6.45) is 17.5. The number of alkyl halides is 1. The van der Waals surface area contributed by atoms with Gasteiger partial charge in [0.15, 0.2) is 0 Å². The molecule has 0 aliphatic heterocycles. The van der Waals surface area contributed by atoms with Crippen LogP contribution in [-0.2, 0) is 6.42 Å². The largest absolute Gasteiger partial charge is 0.247 e. The van der Waals surface area contributed by atoms with Gasteiger partial charge in [-0.25, -0.2) is 4.39 Å². The number of benzene rings is 1. The van der Waals surface area contributed by atoms with Crippen LogP contribution in [0.4, 0.5) is 4.39 Å². The third-order valence-electron chi connectivity index (χ3n) is 8.61. The first-order chi connectivity index (χ1) is 13.7. The number of aryl methyl sites for hydroxylation is 1. The van der Waals surface area contributed by atoms with Crippen molar-refractivity contribution < 1.29 is 4.39 Å². The van der Waals surface area contributed by atoms with E-state index >= 15 is 0 Å². The van der Waals surface area contributed by atoms with Crippen LogP contribution in [0.25, 0.3) is 0 Å². The highest BCUT2D eigenvalue weighted by molar-refractivity contribution is 5.26. The summed E-state index contributed by atoms with van der Waals surface area (Å²) in [7, 11) is 0. The molecule has 28 heavy (non-hydrogen) atoms. The van der Waals surface area contributed by atoms with Gasteiger partial charge >= 0.3 is 0 Å². The smallest absolute Gasteiger partial charge is 0.100 e. The maximum Gasteiger partial charge on any atom is 0.100 e. The highest BCUT2D eigenvalue weighted by Gasteiger charge is 2.34. The van der Waals surface area contributed by atoms with Gasteiger partial charge < -0.3 is 0 Å². The maximum atomic E-state index is 13.4. The average Bonchev–Trinajstić information content (AvgIpc) is 2.75. The minimum absolute atomic E-state index is 0.495. The summed E-state index contributed by atoms with van der Waals surface area (Å²) in [5.41, 5.74) is 3.09. The lowest BCUT2D eigenvalue weighted by atomic mass is 9.65. The lowest BCUT2D eigenvalue weighted by molar-refractivity contribution is 0.102. The molecule has 0 unspecified atom stereocenters. The predicted octanol–water partition coefficient (Wildman–Crippen LogP) is 8.25. The first kappa shape index (κ1) is 20.4. The van der Waals surface area contributed by atoms with Gasteiger partial charge in [-0.2, -0.15) is 0 Å². The van der Waals surface area contributed by atoms with Gasteiger partial charge in [0.1, 0.15) is 6.17 Å². The van der Waals surface area contributed by atoms with Gasteiger partial charge in [0.2, 0.25) is 0 Å². The molecule has 0 N–H and O–H groups in total. The molecule has 0 aromatic heterocycles. The Morgan fingerprint density at radius 3 is 1.54 bits per heavy atom. The first-order valence-electron chi connectivity index (χ1n) is 12.5. The Balaban J connectivity index is 1.21. The molecule has 1 heteroatoms. The van der Waals surface area contributed by atoms with Gasteiger partial charge in [0, 0.05) is 0 Å². The fourth-order valence-electron chi connectivity index (χ4n) is 6.81. The van der Waals surface area contributed by atoms with Crippen molar-refractivity contribution in [3.63, 3.8) is 0 Å². The topological polar surface area (TPSA) is 0 Å². The van der Waals surface area contributed by atoms with E-state index in [0.717, 1.165) is 42.4 Å². The van der Waals surface area contributed by atoms with Crippen molar-refractivity contribution in [3.05, 3.63) is 35.4 Å². The molecule has 156 valence electrons. The normalized spacial score (nSPS) is 36.9. The van der Waals surface area contributed by atoms with Gasteiger partial charge in [-0.3, -0.25) is 0 Å². The van der Waals surface area contributed by atoms with Crippen molar-refractivity contribution in [3.8, 4) is 0 Å². The Hall–Kier alpha value is -0.850. The van der Waals surface area contributed by atoms with E-state index in [0.29, 0.717) is 0 Å². The zero-order valence-electron chi connectivity index (χ0n) is 18.1. The summed E-state index contributed by atoms with van der Waals surface area (Å²) in [6.45, 7) is 2.26. The molecule has 0 heterocycles. The second kappa shape index (κ2) is 9.77. The van der Waals surface area contributed by atoms with E-state index in [2.05, 4.69) is 31.2 Å². The molecule has 0 bridgehead atoms. The molecule has 0 saturated heterocycles. The van der Waals surface area contributed by atoms with Crippen LogP contribution in [-0.4, -0.2) is 6.17 Å². The van der Waals surface area contributed by atoms with Crippen LogP contribution in [0.15, 0.2) is 24.3 Å². The molecule has 0 nitrogen and oxygen atoms in total. The van der Waals surface area contributed by atoms with E-state index in [4.69, 9.17) is 0 Å². The highest BCUT2D eigenvalue weighted by atomic mass is 19.1. The molecule has 3 saturated carbocycles. The average molecular weight is 385 g/mol. The van der Waals surface area contributed by atoms with Crippen LogP contribution in [0, 0.1) is 23.7 Å². The summed E-state index contributed by atoms with van der Waals surface area (Å²) in [5.74, 6) is 4.54. The SMILES string of the molecule is CCCc1ccc(C2CCC(C3CCC(C4CCC(F)CC4)CC3)CC2)cc1. The molecule has 0 spiro atoms. The Bertz CT molecular complexity index is 567. The Morgan fingerprint density at radius 1 is 0.643 bits per heavy atom. The standard InChI is InChI=1S/C27H41F/c1-2-3-20-4-6-21(7-5-20)22-8-10-23(11-9-22)24-12-14-25(15-13-24)26-16-18-27(28)19-17-26/h4-7,22-27H,2-3,8-19H2,1H3. The zero-order valence-corrected chi connectivity index (χ0v) is 18.1. The monoisotopic (exact) mass is 384 g/mol. The molecule has 0 atom stereocenters. The quantitative estimate of drug-likeness (QED) is 0.479. The molecule has 0 radical (unpaired) electrons. The van der Waals surface area contributed by atoms with Gasteiger partial charge in [-0.05, 0) is 124 Å². The molecule has 1 aromatic rings. The minimum atomic E-state index is -0.495. The van der Waals surface area contributed by atoms with Gasteiger partial charge in [-0.15, -0.1) is 0 Å². The Morgan fingerprint density at radius 2 is 1.07 bits per heavy atom. The van der Waals surface area contributed by atoms with E-state index in [1.165, 1.54) is 82.6 Å². The number of hydrogen-bond acceptors (Lipinski definition) is 0. The Labute approximate surface area is 172 Å². The lowest BCUT2D eigenvalue weighted by Gasteiger charge is -2.41. The maximum absolute atomic E-state index is 13.4. The Kier molecular flexibility index (Phi) is 7.13.